The van der Waals surface area contributed by atoms with Crippen LogP contribution in [0.2, 0.25) is 0 Å². The number of piperidine rings is 1. The highest BCUT2D eigenvalue weighted by Crippen LogP contribution is 2.42. The lowest BCUT2D eigenvalue weighted by atomic mass is 9.83. The monoisotopic (exact) mass is 817 g/mol. The van der Waals surface area contributed by atoms with Crippen molar-refractivity contribution < 1.29 is 37.1 Å². The summed E-state index contributed by atoms with van der Waals surface area (Å²) in [5.74, 6) is -1.04. The average molecular weight is 817 g/mol. The second-order valence-electron chi connectivity index (χ2n) is 17.8. The highest BCUT2D eigenvalue weighted by molar-refractivity contribution is 7.88. The Bertz CT molecular complexity index is 1610. The lowest BCUT2D eigenvalue weighted by molar-refractivity contribution is -0.149. The Balaban J connectivity index is 1.46. The second-order valence-corrected chi connectivity index (χ2v) is 19.6. The van der Waals surface area contributed by atoms with Gasteiger partial charge in [-0.15, -0.1) is 0 Å². The predicted octanol–water partition coefficient (Wildman–Crippen LogP) is 4.99. The summed E-state index contributed by atoms with van der Waals surface area (Å²) in [6.07, 6.45) is 6.38. The molecule has 57 heavy (non-hydrogen) atoms. The summed E-state index contributed by atoms with van der Waals surface area (Å²) >= 11 is 0. The standard InChI is InChI=1S/C44H72N4O8S/c1-11-29(4)41(47(7)44(52)35(28(2)3)25-38(50)42-33-19-20-34(24-33)46(42)6)39(55-8)26-40(51)48-21-15-18-36(48)43(56-9)30(5)37(49)23-32(27-45-57(10,53)54)22-31-16-13-12-14-17-31/h12-14,16-17,28-30,32-36,39,41-43,45H,11,15,18-27H2,1-10H3/t29-,30-,32+,33-,34+,35-,36-,39+,41-,42-,43+/m0/s1. The van der Waals surface area contributed by atoms with E-state index in [4.69, 9.17) is 9.47 Å². The van der Waals surface area contributed by atoms with Crippen LogP contribution in [0.25, 0.3) is 0 Å². The lowest BCUT2D eigenvalue weighted by Crippen LogP contribution is -2.54. The van der Waals surface area contributed by atoms with Gasteiger partial charge in [-0.1, -0.05) is 71.4 Å². The highest BCUT2D eigenvalue weighted by atomic mass is 32.2. The van der Waals surface area contributed by atoms with Gasteiger partial charge in [-0.3, -0.25) is 24.1 Å². The molecule has 4 rings (SSSR count). The number of likely N-dealkylation sites (N-methyl/N-ethyl adjacent to an activating group) is 2. The smallest absolute Gasteiger partial charge is 0.226 e. The van der Waals surface area contributed by atoms with Gasteiger partial charge in [0.25, 0.3) is 0 Å². The number of Topliss-reactive ketones (excluding diaryl/α,β-unsaturated/α-hetero) is 2. The number of ether oxygens (including phenoxy) is 2. The highest BCUT2D eigenvalue weighted by Gasteiger charge is 2.48. The van der Waals surface area contributed by atoms with Crippen molar-refractivity contribution in [2.75, 3.05) is 47.7 Å². The van der Waals surface area contributed by atoms with E-state index in [1.807, 2.05) is 63.1 Å². The van der Waals surface area contributed by atoms with Crippen molar-refractivity contribution in [3.63, 3.8) is 0 Å². The van der Waals surface area contributed by atoms with Gasteiger partial charge < -0.3 is 19.3 Å². The average Bonchev–Trinajstić information content (AvgIpc) is 3.93. The molecule has 2 heterocycles. The summed E-state index contributed by atoms with van der Waals surface area (Å²) in [5.41, 5.74) is 1.02. The lowest BCUT2D eigenvalue weighted by Gasteiger charge is -2.41. The third-order valence-corrected chi connectivity index (χ3v) is 14.3. The van der Waals surface area contributed by atoms with E-state index < -0.39 is 40.1 Å². The van der Waals surface area contributed by atoms with Gasteiger partial charge in [0.15, 0.2) is 5.78 Å². The Morgan fingerprint density at radius 1 is 0.965 bits per heavy atom. The molecule has 11 atom stereocenters. The number of benzene rings is 1. The molecule has 2 amide bonds. The van der Waals surface area contributed by atoms with Crippen molar-refractivity contribution in [1.29, 1.82) is 0 Å². The molecule has 3 fully saturated rings. The molecule has 1 saturated carbocycles. The van der Waals surface area contributed by atoms with Crippen LogP contribution in [-0.2, 0) is 45.1 Å². The van der Waals surface area contributed by atoms with Gasteiger partial charge in [-0.2, -0.15) is 0 Å². The zero-order valence-electron chi connectivity index (χ0n) is 36.3. The molecule has 1 aromatic rings. The largest absolute Gasteiger partial charge is 0.379 e. The quantitative estimate of drug-likeness (QED) is 0.162. The number of amides is 2. The van der Waals surface area contributed by atoms with Crippen LogP contribution in [0.1, 0.15) is 98.0 Å². The van der Waals surface area contributed by atoms with Gasteiger partial charge in [-0.05, 0) is 74.8 Å². The Morgan fingerprint density at radius 2 is 1.65 bits per heavy atom. The topological polar surface area (TPSA) is 143 Å². The van der Waals surface area contributed by atoms with Crippen LogP contribution in [-0.4, -0.2) is 131 Å². The number of ketones is 2. The first-order valence-corrected chi connectivity index (χ1v) is 23.2. The number of nitrogens with zero attached hydrogens (tertiary/aromatic N) is 3. The maximum Gasteiger partial charge on any atom is 0.226 e. The van der Waals surface area contributed by atoms with Crippen LogP contribution >= 0.6 is 0 Å². The zero-order chi connectivity index (χ0) is 42.2. The van der Waals surface area contributed by atoms with Crippen molar-refractivity contribution in [3.05, 3.63) is 35.9 Å². The minimum Gasteiger partial charge on any atom is -0.379 e. The van der Waals surface area contributed by atoms with E-state index in [2.05, 4.69) is 23.5 Å². The number of carbonyl (C=O) groups is 4. The molecule has 0 spiro atoms. The third kappa shape index (κ3) is 12.0. The summed E-state index contributed by atoms with van der Waals surface area (Å²) in [4.78, 5) is 62.2. The molecule has 0 unspecified atom stereocenters. The number of fused-ring (bicyclic) bond motifs is 2. The maximum absolute atomic E-state index is 14.4. The molecule has 1 N–H and O–H groups in total. The van der Waals surface area contributed by atoms with E-state index in [1.54, 1.807) is 26.2 Å². The van der Waals surface area contributed by atoms with Crippen molar-refractivity contribution in [2.24, 2.45) is 35.5 Å². The number of hydrogen-bond acceptors (Lipinski definition) is 9. The fourth-order valence-corrected chi connectivity index (χ4v) is 10.7. The Hall–Kier alpha value is -2.71. The minimum atomic E-state index is -3.45. The van der Waals surface area contributed by atoms with Gasteiger partial charge in [0.05, 0.1) is 43.0 Å². The molecule has 0 radical (unpaired) electrons. The van der Waals surface area contributed by atoms with E-state index in [0.29, 0.717) is 31.3 Å². The maximum atomic E-state index is 14.4. The Labute approximate surface area is 343 Å². The van der Waals surface area contributed by atoms with Crippen molar-refractivity contribution in [1.82, 2.24) is 19.4 Å². The van der Waals surface area contributed by atoms with Gasteiger partial charge in [0.2, 0.25) is 21.8 Å². The molecular formula is C44H72N4O8S. The fourth-order valence-electron chi connectivity index (χ4n) is 10.1. The molecule has 13 heteroatoms. The van der Waals surface area contributed by atoms with Gasteiger partial charge in [0, 0.05) is 65.1 Å². The Morgan fingerprint density at radius 3 is 2.21 bits per heavy atom. The number of likely N-dealkylation sites (tertiary alicyclic amines) is 2. The van der Waals surface area contributed by atoms with Crippen LogP contribution in [0.5, 0.6) is 0 Å². The summed E-state index contributed by atoms with van der Waals surface area (Å²) in [6, 6.07) is 9.31. The normalized spacial score (nSPS) is 24.9. The number of hydrogen-bond donors (Lipinski definition) is 1. The molecule has 2 bridgehead atoms. The summed E-state index contributed by atoms with van der Waals surface area (Å²) in [7, 11) is 3.55. The fraction of sp³-hybridized carbons (Fsp3) is 0.773. The number of sulfonamides is 1. The predicted molar refractivity (Wildman–Crippen MR) is 223 cm³/mol. The molecule has 2 aliphatic heterocycles. The van der Waals surface area contributed by atoms with Crippen LogP contribution in [0.4, 0.5) is 0 Å². The van der Waals surface area contributed by atoms with Crippen LogP contribution in [0.3, 0.4) is 0 Å². The van der Waals surface area contributed by atoms with E-state index in [-0.39, 0.29) is 79.0 Å². The third-order valence-electron chi connectivity index (χ3n) is 13.6. The SMILES string of the molecule is CC[C@H](C)[C@@H]([C@@H](CC(=O)N1CCC[C@H]1[C@H](OC)[C@@H](C)C(=O)C[C@H](CNS(C)(=O)=O)Cc1ccccc1)OC)N(C)C(=O)[C@@H](CC(=O)[C@@H]1[C@H]2CC[C@H](C2)N1C)C(C)C. The first kappa shape index (κ1) is 47.0. The molecule has 2 saturated heterocycles. The second kappa shape index (κ2) is 21.0. The first-order chi connectivity index (χ1) is 26.9. The van der Waals surface area contributed by atoms with Gasteiger partial charge >= 0.3 is 0 Å². The summed E-state index contributed by atoms with van der Waals surface area (Å²) < 4.78 is 38.6. The number of methoxy groups -OCH3 is 2. The molecule has 1 aromatic carbocycles. The first-order valence-electron chi connectivity index (χ1n) is 21.3. The van der Waals surface area contributed by atoms with Gasteiger partial charge in [0.1, 0.15) is 5.78 Å². The minimum absolute atomic E-state index is 0.0108. The zero-order valence-corrected chi connectivity index (χ0v) is 37.1. The number of nitrogens with one attached hydrogen (secondary N) is 1. The van der Waals surface area contributed by atoms with Crippen molar-refractivity contribution >= 4 is 33.4 Å². The van der Waals surface area contributed by atoms with E-state index >= 15 is 0 Å². The Kier molecular flexibility index (Phi) is 17.3. The molecule has 3 aliphatic rings. The molecular weight excluding hydrogens is 745 g/mol. The van der Waals surface area contributed by atoms with E-state index in [9.17, 15) is 27.6 Å². The number of rotatable bonds is 23. The van der Waals surface area contributed by atoms with E-state index in [0.717, 1.165) is 43.9 Å². The van der Waals surface area contributed by atoms with Crippen LogP contribution < -0.4 is 4.72 Å². The van der Waals surface area contributed by atoms with Crippen molar-refractivity contribution in [2.45, 2.75) is 135 Å². The summed E-state index contributed by atoms with van der Waals surface area (Å²) in [5, 5.41) is 0. The van der Waals surface area contributed by atoms with Crippen LogP contribution in [0, 0.1) is 35.5 Å². The molecule has 0 aromatic heterocycles. The molecule has 1 aliphatic carbocycles. The molecule has 12 nitrogen and oxygen atoms in total. The van der Waals surface area contributed by atoms with Crippen molar-refractivity contribution in [3.8, 4) is 0 Å². The van der Waals surface area contributed by atoms with Crippen LogP contribution in [0.15, 0.2) is 30.3 Å². The van der Waals surface area contributed by atoms with E-state index in [1.165, 1.54) is 0 Å². The number of carbonyl (C=O) groups excluding carboxylic acids is 4. The summed E-state index contributed by atoms with van der Waals surface area (Å²) in [6.45, 7) is 10.7. The molecule has 322 valence electrons. The van der Waals surface area contributed by atoms with Gasteiger partial charge in [-0.25, -0.2) is 13.1 Å².